The highest BCUT2D eigenvalue weighted by atomic mass is 16.5. The first kappa shape index (κ1) is 14.3. The molecule has 0 saturated carbocycles. The van der Waals surface area contributed by atoms with Gasteiger partial charge in [-0.15, -0.1) is 0 Å². The van der Waals surface area contributed by atoms with Crippen LogP contribution in [0.2, 0.25) is 0 Å². The van der Waals surface area contributed by atoms with Crippen LogP contribution in [0.4, 0.5) is 0 Å². The van der Waals surface area contributed by atoms with Gasteiger partial charge in [0.05, 0.1) is 6.10 Å². The molecule has 3 heteroatoms. The molecule has 3 nitrogen and oxygen atoms in total. The number of hydrogen-bond donors (Lipinski definition) is 1. The fourth-order valence-corrected chi connectivity index (χ4v) is 3.45. The smallest absolute Gasteiger partial charge is 0.0703 e. The topological polar surface area (TPSA) is 24.5 Å². The summed E-state index contributed by atoms with van der Waals surface area (Å²) in [4.78, 5) is 2.74. The Balaban J connectivity index is 2.03. The molecular weight excluding hydrogens is 224 g/mol. The molecule has 0 amide bonds. The maximum absolute atomic E-state index is 5.77. The Hall–Kier alpha value is -0.120. The van der Waals surface area contributed by atoms with E-state index in [1.165, 1.54) is 25.8 Å². The van der Waals surface area contributed by atoms with Crippen molar-refractivity contribution in [2.45, 2.75) is 71.2 Å². The van der Waals surface area contributed by atoms with Gasteiger partial charge in [0, 0.05) is 37.8 Å². The van der Waals surface area contributed by atoms with E-state index >= 15 is 0 Å². The van der Waals surface area contributed by atoms with Gasteiger partial charge in [-0.1, -0.05) is 27.2 Å². The average molecular weight is 254 g/mol. The summed E-state index contributed by atoms with van der Waals surface area (Å²) in [6.07, 6.45) is 4.13. The summed E-state index contributed by atoms with van der Waals surface area (Å²) in [5, 5.41) is 3.76. The molecule has 5 atom stereocenters. The highest BCUT2D eigenvalue weighted by Gasteiger charge is 2.38. The molecule has 2 rings (SSSR count). The average Bonchev–Trinajstić information content (AvgIpc) is 2.83. The van der Waals surface area contributed by atoms with Crippen LogP contribution in [-0.2, 0) is 4.74 Å². The molecule has 0 aromatic rings. The van der Waals surface area contributed by atoms with Crippen LogP contribution in [0.1, 0.15) is 47.0 Å². The lowest BCUT2D eigenvalue weighted by molar-refractivity contribution is 0.0227. The SMILES string of the molecule is CCC(C)C1CN(C2CCOC2C)C(CC)CN1. The van der Waals surface area contributed by atoms with Crippen LogP contribution >= 0.6 is 0 Å². The number of nitrogens with zero attached hydrogens (tertiary/aromatic N) is 1. The minimum atomic E-state index is 0.412. The summed E-state index contributed by atoms with van der Waals surface area (Å²) < 4.78 is 5.77. The van der Waals surface area contributed by atoms with E-state index in [4.69, 9.17) is 4.74 Å². The van der Waals surface area contributed by atoms with Gasteiger partial charge in [0.15, 0.2) is 0 Å². The Labute approximate surface area is 112 Å². The molecule has 2 aliphatic heterocycles. The van der Waals surface area contributed by atoms with Crippen LogP contribution in [0.15, 0.2) is 0 Å². The van der Waals surface area contributed by atoms with Crippen molar-refractivity contribution < 1.29 is 4.74 Å². The van der Waals surface area contributed by atoms with Gasteiger partial charge < -0.3 is 10.1 Å². The lowest BCUT2D eigenvalue weighted by Crippen LogP contribution is -2.61. The number of rotatable bonds is 4. The molecule has 2 heterocycles. The van der Waals surface area contributed by atoms with Gasteiger partial charge in [-0.05, 0) is 25.7 Å². The van der Waals surface area contributed by atoms with Crippen molar-refractivity contribution in [3.05, 3.63) is 0 Å². The van der Waals surface area contributed by atoms with E-state index in [-0.39, 0.29) is 0 Å². The monoisotopic (exact) mass is 254 g/mol. The lowest BCUT2D eigenvalue weighted by Gasteiger charge is -2.45. The molecule has 5 unspecified atom stereocenters. The van der Waals surface area contributed by atoms with Gasteiger partial charge in [0.2, 0.25) is 0 Å². The predicted octanol–water partition coefficient (Wildman–Crippen LogP) is 2.26. The largest absolute Gasteiger partial charge is 0.377 e. The standard InChI is InChI=1S/C15H30N2O/c1-5-11(3)14-10-17(13(6-2)9-16-14)15-7-8-18-12(15)4/h11-16H,5-10H2,1-4H3. The molecule has 18 heavy (non-hydrogen) atoms. The first-order chi connectivity index (χ1) is 8.67. The third-order valence-corrected chi connectivity index (χ3v) is 5.06. The Morgan fingerprint density at radius 1 is 1.39 bits per heavy atom. The summed E-state index contributed by atoms with van der Waals surface area (Å²) in [7, 11) is 0. The maximum Gasteiger partial charge on any atom is 0.0703 e. The fourth-order valence-electron chi connectivity index (χ4n) is 3.45. The quantitative estimate of drug-likeness (QED) is 0.833. The summed E-state index contributed by atoms with van der Waals surface area (Å²) in [6, 6.07) is 1.99. The summed E-state index contributed by atoms with van der Waals surface area (Å²) >= 11 is 0. The summed E-state index contributed by atoms with van der Waals surface area (Å²) in [5.74, 6) is 0.767. The number of hydrogen-bond acceptors (Lipinski definition) is 3. The zero-order valence-electron chi connectivity index (χ0n) is 12.5. The van der Waals surface area contributed by atoms with Crippen molar-refractivity contribution in [3.63, 3.8) is 0 Å². The molecule has 1 N–H and O–H groups in total. The Kier molecular flexibility index (Phi) is 5.05. The minimum absolute atomic E-state index is 0.412. The zero-order chi connectivity index (χ0) is 13.1. The van der Waals surface area contributed by atoms with E-state index in [9.17, 15) is 0 Å². The summed E-state index contributed by atoms with van der Waals surface area (Å²) in [5.41, 5.74) is 0. The van der Waals surface area contributed by atoms with Crippen LogP contribution in [0.3, 0.4) is 0 Å². The van der Waals surface area contributed by atoms with E-state index in [1.54, 1.807) is 0 Å². The first-order valence-electron chi connectivity index (χ1n) is 7.78. The molecule has 0 aromatic carbocycles. The highest BCUT2D eigenvalue weighted by Crippen LogP contribution is 2.26. The zero-order valence-corrected chi connectivity index (χ0v) is 12.5. The molecule has 2 fully saturated rings. The number of piperazine rings is 1. The minimum Gasteiger partial charge on any atom is -0.377 e. The molecule has 2 aliphatic rings. The van der Waals surface area contributed by atoms with Crippen molar-refractivity contribution >= 4 is 0 Å². The molecule has 2 saturated heterocycles. The molecule has 0 aromatic heterocycles. The van der Waals surface area contributed by atoms with Crippen molar-refractivity contribution in [3.8, 4) is 0 Å². The highest BCUT2D eigenvalue weighted by molar-refractivity contribution is 4.94. The van der Waals surface area contributed by atoms with Gasteiger partial charge >= 0.3 is 0 Å². The number of nitrogens with one attached hydrogen (secondary N) is 1. The van der Waals surface area contributed by atoms with Gasteiger partial charge in [0.1, 0.15) is 0 Å². The lowest BCUT2D eigenvalue weighted by atomic mass is 9.92. The van der Waals surface area contributed by atoms with E-state index in [1.807, 2.05) is 0 Å². The third-order valence-electron chi connectivity index (χ3n) is 5.06. The first-order valence-corrected chi connectivity index (χ1v) is 7.78. The van der Waals surface area contributed by atoms with Gasteiger partial charge in [-0.2, -0.15) is 0 Å². The van der Waals surface area contributed by atoms with Gasteiger partial charge in [0.25, 0.3) is 0 Å². The second kappa shape index (κ2) is 6.36. The van der Waals surface area contributed by atoms with E-state index in [0.717, 1.165) is 19.1 Å². The second-order valence-corrected chi connectivity index (χ2v) is 6.09. The molecular formula is C15H30N2O. The van der Waals surface area contributed by atoms with Crippen molar-refractivity contribution in [1.82, 2.24) is 10.2 Å². The Morgan fingerprint density at radius 3 is 2.72 bits per heavy atom. The van der Waals surface area contributed by atoms with Gasteiger partial charge in [-0.25, -0.2) is 0 Å². The molecule has 106 valence electrons. The Bertz CT molecular complexity index is 259. The maximum atomic E-state index is 5.77. The molecule has 0 aliphatic carbocycles. The van der Waals surface area contributed by atoms with E-state index in [2.05, 4.69) is 37.9 Å². The van der Waals surface area contributed by atoms with Crippen LogP contribution in [0.25, 0.3) is 0 Å². The third kappa shape index (κ3) is 2.89. The molecule has 0 spiro atoms. The van der Waals surface area contributed by atoms with Crippen molar-refractivity contribution in [2.24, 2.45) is 5.92 Å². The van der Waals surface area contributed by atoms with Crippen molar-refractivity contribution in [2.75, 3.05) is 19.7 Å². The van der Waals surface area contributed by atoms with Crippen LogP contribution < -0.4 is 5.32 Å². The Morgan fingerprint density at radius 2 is 2.17 bits per heavy atom. The van der Waals surface area contributed by atoms with Crippen LogP contribution in [0, 0.1) is 5.92 Å². The normalized spacial score (nSPS) is 40.0. The predicted molar refractivity (Wildman–Crippen MR) is 75.8 cm³/mol. The van der Waals surface area contributed by atoms with E-state index < -0.39 is 0 Å². The van der Waals surface area contributed by atoms with Crippen LogP contribution in [0.5, 0.6) is 0 Å². The van der Waals surface area contributed by atoms with Crippen molar-refractivity contribution in [1.29, 1.82) is 0 Å². The second-order valence-electron chi connectivity index (χ2n) is 6.09. The molecule has 0 radical (unpaired) electrons. The fraction of sp³-hybridized carbons (Fsp3) is 1.00. The number of ether oxygens (including phenoxy) is 1. The van der Waals surface area contributed by atoms with Gasteiger partial charge in [-0.3, -0.25) is 4.90 Å². The molecule has 0 bridgehead atoms. The van der Waals surface area contributed by atoms with Crippen LogP contribution in [-0.4, -0.2) is 48.8 Å². The summed E-state index contributed by atoms with van der Waals surface area (Å²) in [6.45, 7) is 12.5. The van der Waals surface area contributed by atoms with E-state index in [0.29, 0.717) is 24.2 Å².